The van der Waals surface area contributed by atoms with Gasteiger partial charge in [-0.05, 0) is 39.2 Å². The Morgan fingerprint density at radius 2 is 2.08 bits per heavy atom. The van der Waals surface area contributed by atoms with E-state index in [1.165, 1.54) is 0 Å². The fourth-order valence-corrected chi connectivity index (χ4v) is 3.48. The highest BCUT2D eigenvalue weighted by atomic mass is 19.4. The summed E-state index contributed by atoms with van der Waals surface area (Å²) in [4.78, 5) is 10.4. The highest BCUT2D eigenvalue weighted by Gasteiger charge is 2.36. The summed E-state index contributed by atoms with van der Waals surface area (Å²) in [7, 11) is 1.98. The van der Waals surface area contributed by atoms with Crippen molar-refractivity contribution in [1.82, 2.24) is 24.6 Å². The van der Waals surface area contributed by atoms with Crippen molar-refractivity contribution in [2.75, 3.05) is 13.6 Å². The van der Waals surface area contributed by atoms with E-state index in [1.807, 2.05) is 14.0 Å². The molecule has 1 fully saturated rings. The van der Waals surface area contributed by atoms with E-state index in [9.17, 15) is 13.2 Å². The van der Waals surface area contributed by atoms with Gasteiger partial charge in [0.15, 0.2) is 11.5 Å². The van der Waals surface area contributed by atoms with Crippen molar-refractivity contribution in [1.29, 1.82) is 0 Å². The molecule has 6 nitrogen and oxygen atoms in total. The molecule has 1 saturated carbocycles. The Morgan fingerprint density at radius 1 is 1.31 bits per heavy atom. The van der Waals surface area contributed by atoms with Crippen LogP contribution in [-0.4, -0.2) is 38.2 Å². The molecule has 0 bridgehead atoms. The molecule has 9 heteroatoms. The first-order chi connectivity index (χ1) is 12.3. The van der Waals surface area contributed by atoms with Crippen molar-refractivity contribution in [3.63, 3.8) is 0 Å². The van der Waals surface area contributed by atoms with Crippen LogP contribution in [0, 0.1) is 5.92 Å². The molecule has 0 amide bonds. The van der Waals surface area contributed by atoms with E-state index >= 15 is 0 Å². The summed E-state index contributed by atoms with van der Waals surface area (Å²) in [6.45, 7) is 3.31. The molecule has 0 unspecified atom stereocenters. The number of halogens is 3. The quantitative estimate of drug-likeness (QED) is 0.808. The molecule has 0 spiro atoms. The van der Waals surface area contributed by atoms with Crippen LogP contribution in [-0.2, 0) is 19.1 Å². The van der Waals surface area contributed by atoms with Crippen LogP contribution in [0.25, 0.3) is 0 Å². The monoisotopic (exact) mass is 369 g/mol. The molecule has 0 radical (unpaired) electrons. The Balaban J connectivity index is 1.38. The lowest BCUT2D eigenvalue weighted by Crippen LogP contribution is -2.33. The molecule has 0 saturated heterocycles. The minimum absolute atomic E-state index is 0.0232. The van der Waals surface area contributed by atoms with Crippen molar-refractivity contribution >= 4 is 0 Å². The van der Waals surface area contributed by atoms with Crippen molar-refractivity contribution in [2.45, 2.75) is 57.3 Å². The number of aromatic nitrogens is 4. The molecule has 0 N–H and O–H groups in total. The molecule has 142 valence electrons. The van der Waals surface area contributed by atoms with Gasteiger partial charge >= 0.3 is 6.18 Å². The minimum Gasteiger partial charge on any atom is -0.338 e. The zero-order valence-electron chi connectivity index (χ0n) is 14.8. The lowest BCUT2D eigenvalue weighted by molar-refractivity contribution is -0.141. The summed E-state index contributed by atoms with van der Waals surface area (Å²) in [6.07, 6.45) is 0.377. The molecular formula is C17H22F3N5O. The smallest absolute Gasteiger partial charge is 0.338 e. The number of fused-ring (bicyclic) bond motifs is 1. The van der Waals surface area contributed by atoms with E-state index < -0.39 is 11.9 Å². The normalized spacial score (nSPS) is 21.8. The summed E-state index contributed by atoms with van der Waals surface area (Å²) >= 11 is 0. The number of rotatable bonds is 5. The van der Waals surface area contributed by atoms with Crippen molar-refractivity contribution in [3.05, 3.63) is 29.4 Å². The van der Waals surface area contributed by atoms with Crippen LogP contribution in [0.5, 0.6) is 0 Å². The minimum atomic E-state index is -4.39. The van der Waals surface area contributed by atoms with Gasteiger partial charge in [0.25, 0.3) is 0 Å². The third-order valence-electron chi connectivity index (χ3n) is 5.35. The van der Waals surface area contributed by atoms with Gasteiger partial charge in [-0.3, -0.25) is 4.90 Å². The SMILES string of the molecule is C[C@H](c1nc(C2CC2)no1)N(C)C[C@H]1CCc2nc(C(F)(F)F)cn2C1. The average molecular weight is 369 g/mol. The van der Waals surface area contributed by atoms with Gasteiger partial charge in [0, 0.05) is 31.6 Å². The summed E-state index contributed by atoms with van der Waals surface area (Å²) in [5.74, 6) is 2.63. The van der Waals surface area contributed by atoms with E-state index in [0.717, 1.165) is 37.8 Å². The Morgan fingerprint density at radius 3 is 2.77 bits per heavy atom. The molecule has 4 rings (SSSR count). The van der Waals surface area contributed by atoms with Gasteiger partial charge in [-0.15, -0.1) is 0 Å². The fourth-order valence-electron chi connectivity index (χ4n) is 3.48. The van der Waals surface area contributed by atoms with Crippen LogP contribution in [0.15, 0.2) is 10.7 Å². The molecule has 3 heterocycles. The second-order valence-electron chi connectivity index (χ2n) is 7.48. The van der Waals surface area contributed by atoms with Gasteiger partial charge in [-0.25, -0.2) is 4.98 Å². The Kier molecular flexibility index (Phi) is 4.29. The average Bonchev–Trinajstić information content (AvgIpc) is 3.15. The second-order valence-corrected chi connectivity index (χ2v) is 7.48. The Hall–Kier alpha value is -1.90. The molecule has 2 aliphatic rings. The van der Waals surface area contributed by atoms with Crippen LogP contribution < -0.4 is 0 Å². The van der Waals surface area contributed by atoms with Gasteiger partial charge in [-0.2, -0.15) is 18.2 Å². The van der Waals surface area contributed by atoms with Crippen molar-refractivity contribution in [2.24, 2.45) is 5.92 Å². The standard InChI is InChI=1S/C17H22F3N5O/c1-10(16-22-15(23-26-16)12-4-5-12)24(2)7-11-3-6-14-21-13(17(18,19)20)9-25(14)8-11/h9-12H,3-8H2,1-2H3/t10-,11-/m1/s1. The topological polar surface area (TPSA) is 60.0 Å². The molecule has 2 aromatic heterocycles. The fraction of sp³-hybridized carbons (Fsp3) is 0.706. The number of nitrogens with zero attached hydrogens (tertiary/aromatic N) is 5. The summed E-state index contributed by atoms with van der Waals surface area (Å²) in [6, 6.07) is -0.0232. The van der Waals surface area contributed by atoms with Gasteiger partial charge < -0.3 is 9.09 Å². The zero-order chi connectivity index (χ0) is 18.5. The zero-order valence-corrected chi connectivity index (χ0v) is 14.8. The highest BCUT2D eigenvalue weighted by Crippen LogP contribution is 2.38. The molecular weight excluding hydrogens is 347 g/mol. The van der Waals surface area contributed by atoms with Crippen LogP contribution in [0.3, 0.4) is 0 Å². The van der Waals surface area contributed by atoms with E-state index in [0.29, 0.717) is 30.6 Å². The van der Waals surface area contributed by atoms with Gasteiger partial charge in [0.2, 0.25) is 5.89 Å². The van der Waals surface area contributed by atoms with Gasteiger partial charge in [0.1, 0.15) is 5.82 Å². The Bertz CT molecular complexity index is 780. The maximum atomic E-state index is 12.8. The number of alkyl halides is 3. The molecule has 2 atom stereocenters. The van der Waals surface area contributed by atoms with Crippen molar-refractivity contribution < 1.29 is 17.7 Å². The molecule has 2 aromatic rings. The Labute approximate surface area is 149 Å². The van der Waals surface area contributed by atoms with E-state index in [1.54, 1.807) is 4.57 Å². The second kappa shape index (κ2) is 6.37. The van der Waals surface area contributed by atoms with Crippen molar-refractivity contribution in [3.8, 4) is 0 Å². The predicted octanol–water partition coefficient (Wildman–Crippen LogP) is 3.42. The maximum absolute atomic E-state index is 12.8. The van der Waals surface area contributed by atoms with Gasteiger partial charge in [0.05, 0.1) is 6.04 Å². The van der Waals surface area contributed by atoms with E-state index in [2.05, 4.69) is 20.0 Å². The number of hydrogen-bond acceptors (Lipinski definition) is 5. The summed E-state index contributed by atoms with van der Waals surface area (Å²) in [5.41, 5.74) is -0.798. The number of aryl methyl sites for hydroxylation is 1. The predicted molar refractivity (Wildman–Crippen MR) is 86.4 cm³/mol. The van der Waals surface area contributed by atoms with Crippen LogP contribution in [0.4, 0.5) is 13.2 Å². The first-order valence-corrected chi connectivity index (χ1v) is 8.98. The van der Waals surface area contributed by atoms with Crippen LogP contribution in [0.1, 0.15) is 61.4 Å². The third-order valence-corrected chi connectivity index (χ3v) is 5.35. The number of imidazole rings is 1. The largest absolute Gasteiger partial charge is 0.434 e. The first kappa shape index (κ1) is 17.5. The lowest BCUT2D eigenvalue weighted by Gasteiger charge is -2.30. The molecule has 26 heavy (non-hydrogen) atoms. The van der Waals surface area contributed by atoms with Crippen LogP contribution in [0.2, 0.25) is 0 Å². The summed E-state index contributed by atoms with van der Waals surface area (Å²) in [5, 5.41) is 4.05. The molecule has 1 aliphatic heterocycles. The van der Waals surface area contributed by atoms with Crippen LogP contribution >= 0.6 is 0 Å². The first-order valence-electron chi connectivity index (χ1n) is 8.98. The van der Waals surface area contributed by atoms with Gasteiger partial charge in [-0.1, -0.05) is 5.16 Å². The summed E-state index contributed by atoms with van der Waals surface area (Å²) < 4.78 is 45.5. The molecule has 0 aromatic carbocycles. The number of hydrogen-bond donors (Lipinski definition) is 0. The molecule has 1 aliphatic carbocycles. The third kappa shape index (κ3) is 3.49. The highest BCUT2D eigenvalue weighted by molar-refractivity contribution is 5.10. The van der Waals surface area contributed by atoms with E-state index in [4.69, 9.17) is 4.52 Å². The maximum Gasteiger partial charge on any atom is 0.434 e. The van der Waals surface area contributed by atoms with E-state index in [-0.39, 0.29) is 12.0 Å². The lowest BCUT2D eigenvalue weighted by atomic mass is 9.98.